The summed E-state index contributed by atoms with van der Waals surface area (Å²) in [6.07, 6.45) is 0.367. The zero-order valence-electron chi connectivity index (χ0n) is 23.6. The number of carbonyl (C=O) groups is 2. The van der Waals surface area contributed by atoms with Crippen molar-refractivity contribution < 1.29 is 18.7 Å². The van der Waals surface area contributed by atoms with E-state index in [0.717, 1.165) is 23.2 Å². The second kappa shape index (κ2) is 12.3. The Morgan fingerprint density at radius 3 is 2.29 bits per heavy atom. The number of amides is 3. The van der Waals surface area contributed by atoms with Gasteiger partial charge in [0.1, 0.15) is 11.4 Å². The Morgan fingerprint density at radius 1 is 0.952 bits per heavy atom. The van der Waals surface area contributed by atoms with Gasteiger partial charge in [0.25, 0.3) is 0 Å². The molecule has 3 aromatic rings. The first-order valence-electron chi connectivity index (χ1n) is 13.7. The van der Waals surface area contributed by atoms with Gasteiger partial charge in [-0.25, -0.2) is 14.0 Å². The number of nitrogens with one attached hydrogen (secondary N) is 1. The number of nitrogens with zero attached hydrogens (tertiary/aromatic N) is 3. The molecule has 1 saturated heterocycles. The van der Waals surface area contributed by atoms with Crippen molar-refractivity contribution in [2.24, 2.45) is 0 Å². The first-order chi connectivity index (χ1) is 19.9. The highest BCUT2D eigenvalue weighted by Gasteiger charge is 2.32. The summed E-state index contributed by atoms with van der Waals surface area (Å²) in [7, 11) is 0. The quantitative estimate of drug-likeness (QED) is 0.310. The predicted octanol–water partition coefficient (Wildman–Crippen LogP) is 7.91. The van der Waals surface area contributed by atoms with Crippen molar-refractivity contribution in [3.8, 4) is 11.1 Å². The first-order valence-corrected chi connectivity index (χ1v) is 14.9. The van der Waals surface area contributed by atoms with E-state index in [1.807, 2.05) is 32.9 Å². The smallest absolute Gasteiger partial charge is 0.410 e. The first kappa shape index (κ1) is 30.4. The maximum Gasteiger partial charge on any atom is 0.410 e. The third-order valence-electron chi connectivity index (χ3n) is 7.27. The summed E-state index contributed by atoms with van der Waals surface area (Å²) in [6, 6.07) is 13.1. The van der Waals surface area contributed by atoms with Gasteiger partial charge in [0.05, 0.1) is 26.4 Å². The molecule has 2 aliphatic rings. The minimum Gasteiger partial charge on any atom is -0.444 e. The molecule has 0 spiro atoms. The summed E-state index contributed by atoms with van der Waals surface area (Å²) in [4.78, 5) is 31.3. The van der Waals surface area contributed by atoms with Crippen LogP contribution in [0.5, 0.6) is 0 Å². The van der Waals surface area contributed by atoms with Crippen molar-refractivity contribution in [2.75, 3.05) is 37.6 Å². The molecule has 222 valence electrons. The van der Waals surface area contributed by atoms with Crippen LogP contribution >= 0.6 is 34.8 Å². The largest absolute Gasteiger partial charge is 0.444 e. The Balaban J connectivity index is 1.46. The Hall–Kier alpha value is -3.04. The van der Waals surface area contributed by atoms with E-state index < -0.39 is 11.4 Å². The Labute approximate surface area is 260 Å². The lowest BCUT2D eigenvalue weighted by Gasteiger charge is -2.36. The molecule has 11 heteroatoms. The molecule has 0 atom stereocenters. The van der Waals surface area contributed by atoms with Gasteiger partial charge < -0.3 is 15.0 Å². The van der Waals surface area contributed by atoms with Crippen LogP contribution in [0.3, 0.4) is 0 Å². The highest BCUT2D eigenvalue weighted by molar-refractivity contribution is 6.40. The summed E-state index contributed by atoms with van der Waals surface area (Å²) in [5.74, 6) is -0.433. The van der Waals surface area contributed by atoms with E-state index in [4.69, 9.17) is 39.5 Å². The van der Waals surface area contributed by atoms with Crippen molar-refractivity contribution in [2.45, 2.75) is 39.3 Å². The SMILES string of the molecule is CC(C)(C)OC(=O)N1CCN(CCc2cc(-c3ccc(F)cc3Cl)c3c(c2)N(c2c(Cl)cccc2Cl)C(=O)NC3)CC1. The molecule has 5 rings (SSSR count). The minimum absolute atomic E-state index is 0.253. The molecule has 0 saturated carbocycles. The Bertz CT molecular complexity index is 1500. The summed E-state index contributed by atoms with van der Waals surface area (Å²) in [6.45, 7) is 9.14. The van der Waals surface area contributed by atoms with Gasteiger partial charge in [0.15, 0.2) is 0 Å². The van der Waals surface area contributed by atoms with Crippen LogP contribution in [-0.4, -0.2) is 60.2 Å². The number of fused-ring (bicyclic) bond motifs is 1. The van der Waals surface area contributed by atoms with Crippen molar-refractivity contribution >= 4 is 58.3 Å². The van der Waals surface area contributed by atoms with E-state index in [1.165, 1.54) is 17.0 Å². The third-order valence-corrected chi connectivity index (χ3v) is 8.19. The minimum atomic E-state index is -0.537. The van der Waals surface area contributed by atoms with E-state index in [0.29, 0.717) is 59.6 Å². The number of anilines is 2. The number of hydrogen-bond acceptors (Lipinski definition) is 4. The van der Waals surface area contributed by atoms with Crippen LogP contribution in [0.25, 0.3) is 11.1 Å². The lowest BCUT2D eigenvalue weighted by Crippen LogP contribution is -2.50. The second-order valence-corrected chi connectivity index (χ2v) is 12.6. The number of rotatable bonds is 5. The fraction of sp³-hybridized carbons (Fsp3) is 0.355. The van der Waals surface area contributed by atoms with Crippen LogP contribution in [-0.2, 0) is 17.7 Å². The van der Waals surface area contributed by atoms with Crippen molar-refractivity contribution in [3.63, 3.8) is 0 Å². The van der Waals surface area contributed by atoms with Gasteiger partial charge in [-0.1, -0.05) is 46.9 Å². The number of carbonyl (C=O) groups excluding carboxylic acids is 2. The predicted molar refractivity (Wildman–Crippen MR) is 166 cm³/mol. The standard InChI is InChI=1S/C31H32Cl3FN4O3/c1-31(2,3)42-30(41)38-13-11-37(12-14-38)10-9-19-15-22(21-8-7-20(35)17-26(21)34)23-18-36-29(40)39(27(23)16-19)28-24(32)5-4-6-25(28)33/h4-8,15-17H,9-14,18H2,1-3H3,(H,36,40). The Kier molecular flexibility index (Phi) is 8.90. The molecule has 0 aliphatic carbocycles. The number of para-hydroxylation sites is 1. The van der Waals surface area contributed by atoms with Gasteiger partial charge >= 0.3 is 12.1 Å². The van der Waals surface area contributed by atoms with Gasteiger partial charge in [-0.3, -0.25) is 9.80 Å². The zero-order valence-corrected chi connectivity index (χ0v) is 25.9. The molecular formula is C31H32Cl3FN4O3. The van der Waals surface area contributed by atoms with Gasteiger partial charge in [-0.2, -0.15) is 0 Å². The molecule has 3 amide bonds. The van der Waals surface area contributed by atoms with Crippen LogP contribution in [0.4, 0.5) is 25.4 Å². The number of urea groups is 1. The van der Waals surface area contributed by atoms with Crippen LogP contribution < -0.4 is 10.2 Å². The molecule has 2 aliphatic heterocycles. The van der Waals surface area contributed by atoms with E-state index >= 15 is 0 Å². The molecule has 0 radical (unpaired) electrons. The van der Waals surface area contributed by atoms with Crippen LogP contribution in [0.2, 0.25) is 15.1 Å². The number of halogens is 4. The molecular weight excluding hydrogens is 602 g/mol. The van der Waals surface area contributed by atoms with Crippen LogP contribution in [0.15, 0.2) is 48.5 Å². The van der Waals surface area contributed by atoms with Gasteiger partial charge in [0, 0.05) is 50.4 Å². The fourth-order valence-corrected chi connectivity index (χ4v) is 6.07. The molecule has 1 fully saturated rings. The summed E-state index contributed by atoms with van der Waals surface area (Å²) >= 11 is 19.6. The molecule has 0 bridgehead atoms. The van der Waals surface area contributed by atoms with E-state index in [2.05, 4.69) is 10.2 Å². The Morgan fingerprint density at radius 2 is 1.64 bits per heavy atom. The highest BCUT2D eigenvalue weighted by atomic mass is 35.5. The second-order valence-electron chi connectivity index (χ2n) is 11.4. The van der Waals surface area contributed by atoms with E-state index in [-0.39, 0.29) is 23.7 Å². The molecule has 0 unspecified atom stereocenters. The average Bonchev–Trinajstić information content (AvgIpc) is 2.92. The summed E-state index contributed by atoms with van der Waals surface area (Å²) in [5.41, 5.74) is 3.70. The molecule has 1 N–H and O–H groups in total. The third kappa shape index (κ3) is 6.62. The number of ether oxygens (including phenoxy) is 1. The van der Waals surface area contributed by atoms with Gasteiger partial charge in [0.2, 0.25) is 0 Å². The van der Waals surface area contributed by atoms with Crippen LogP contribution in [0, 0.1) is 5.82 Å². The molecule has 0 aromatic heterocycles. The number of benzene rings is 3. The molecule has 42 heavy (non-hydrogen) atoms. The maximum atomic E-state index is 14.0. The van der Waals surface area contributed by atoms with E-state index in [1.54, 1.807) is 29.2 Å². The van der Waals surface area contributed by atoms with E-state index in [9.17, 15) is 14.0 Å². The summed E-state index contributed by atoms with van der Waals surface area (Å²) in [5, 5.41) is 3.85. The lowest BCUT2D eigenvalue weighted by molar-refractivity contribution is 0.0146. The fourth-order valence-electron chi connectivity index (χ4n) is 5.24. The lowest BCUT2D eigenvalue weighted by atomic mass is 9.92. The average molecular weight is 634 g/mol. The van der Waals surface area contributed by atoms with Gasteiger partial charge in [-0.05, 0) is 74.7 Å². The van der Waals surface area contributed by atoms with Crippen molar-refractivity contribution in [1.29, 1.82) is 0 Å². The molecule has 7 nitrogen and oxygen atoms in total. The maximum absolute atomic E-state index is 14.0. The molecule has 2 heterocycles. The van der Waals surface area contributed by atoms with Crippen LogP contribution in [0.1, 0.15) is 31.9 Å². The molecule has 3 aromatic carbocycles. The van der Waals surface area contributed by atoms with Crippen molar-refractivity contribution in [1.82, 2.24) is 15.1 Å². The highest BCUT2D eigenvalue weighted by Crippen LogP contribution is 2.44. The van der Waals surface area contributed by atoms with Crippen molar-refractivity contribution in [3.05, 3.63) is 80.5 Å². The number of piperazine rings is 1. The monoisotopic (exact) mass is 632 g/mol. The number of hydrogen-bond donors (Lipinski definition) is 1. The normalized spacial score (nSPS) is 15.8. The summed E-state index contributed by atoms with van der Waals surface area (Å²) < 4.78 is 19.5. The van der Waals surface area contributed by atoms with Gasteiger partial charge in [-0.15, -0.1) is 0 Å². The topological polar surface area (TPSA) is 65.1 Å². The zero-order chi connectivity index (χ0) is 30.2.